The largest absolute Gasteiger partial charge is 0.364 e. The van der Waals surface area contributed by atoms with Crippen molar-refractivity contribution in [2.45, 2.75) is 31.4 Å². The molecule has 0 spiro atoms. The molecule has 0 aliphatic carbocycles. The molecule has 0 radical (unpaired) electrons. The van der Waals surface area contributed by atoms with Gasteiger partial charge >= 0.3 is 0 Å². The number of rotatable bonds is 11. The smallest absolute Gasteiger partial charge is 0.133 e. The van der Waals surface area contributed by atoms with E-state index < -0.39 is 5.60 Å². The van der Waals surface area contributed by atoms with Crippen molar-refractivity contribution in [1.82, 2.24) is 5.32 Å². The Hall–Kier alpha value is -2.39. The average Bonchev–Trinajstić information content (AvgIpc) is 2.80. The minimum atomic E-state index is -0.574. The molecule has 3 rings (SSSR count). The number of halogens is 1. The van der Waals surface area contributed by atoms with Crippen LogP contribution in [-0.2, 0) is 16.8 Å². The Bertz CT molecular complexity index is 812. The molecule has 0 aliphatic heterocycles. The zero-order valence-corrected chi connectivity index (χ0v) is 18.5. The van der Waals surface area contributed by atoms with Gasteiger partial charge in [0.1, 0.15) is 5.60 Å². The van der Waals surface area contributed by atoms with E-state index >= 15 is 0 Å². The van der Waals surface area contributed by atoms with Crippen molar-refractivity contribution < 1.29 is 4.74 Å². The summed E-state index contributed by atoms with van der Waals surface area (Å²) < 4.78 is 6.65. The van der Waals surface area contributed by atoms with Crippen molar-refractivity contribution in [3.05, 3.63) is 120 Å². The predicted octanol–water partition coefficient (Wildman–Crippen LogP) is 6.17. The van der Waals surface area contributed by atoms with Crippen molar-refractivity contribution in [3.8, 4) is 0 Å². The molecule has 0 fully saturated rings. The molecule has 3 heteroatoms. The second-order valence-corrected chi connectivity index (χ2v) is 7.17. The van der Waals surface area contributed by atoms with Gasteiger partial charge in [-0.2, -0.15) is 0 Å². The number of hydrogen-bond acceptors (Lipinski definition) is 2. The van der Waals surface area contributed by atoms with E-state index in [0.29, 0.717) is 6.61 Å². The first-order valence-electron chi connectivity index (χ1n) is 10.4. The fourth-order valence-electron chi connectivity index (χ4n) is 4.07. The molecule has 0 aromatic heterocycles. The van der Waals surface area contributed by atoms with Crippen LogP contribution < -0.4 is 5.32 Å². The lowest BCUT2D eigenvalue weighted by atomic mass is 9.77. The molecule has 1 atom stereocenters. The predicted molar refractivity (Wildman–Crippen MR) is 129 cm³/mol. The molecule has 0 aliphatic rings. The number of ether oxygens (including phenoxy) is 1. The quantitative estimate of drug-likeness (QED) is 0.374. The van der Waals surface area contributed by atoms with Gasteiger partial charge in [0.25, 0.3) is 0 Å². The van der Waals surface area contributed by atoms with E-state index in [1.807, 2.05) is 6.08 Å². The van der Waals surface area contributed by atoms with Gasteiger partial charge in [-0.15, -0.1) is 19.0 Å². The van der Waals surface area contributed by atoms with Crippen LogP contribution in [0, 0.1) is 0 Å². The number of aryl methyl sites for hydroxylation is 1. The SMILES string of the molecule is C=CCNC(CCc1ccccc1)C(OCC)(c1ccccc1)c1ccccc1.Cl. The molecule has 0 amide bonds. The van der Waals surface area contributed by atoms with E-state index in [0.717, 1.165) is 19.4 Å². The van der Waals surface area contributed by atoms with E-state index in [1.165, 1.54) is 16.7 Å². The van der Waals surface area contributed by atoms with Crippen LogP contribution in [0.1, 0.15) is 30.0 Å². The molecule has 2 nitrogen and oxygen atoms in total. The van der Waals surface area contributed by atoms with Gasteiger partial charge in [0, 0.05) is 19.2 Å². The Morgan fingerprint density at radius 1 is 0.867 bits per heavy atom. The third-order valence-electron chi connectivity index (χ3n) is 5.34. The highest BCUT2D eigenvalue weighted by Crippen LogP contribution is 2.39. The summed E-state index contributed by atoms with van der Waals surface area (Å²) in [6.07, 6.45) is 3.84. The zero-order valence-electron chi connectivity index (χ0n) is 17.7. The molecule has 1 N–H and O–H groups in total. The Morgan fingerprint density at radius 3 is 1.83 bits per heavy atom. The molecule has 0 saturated carbocycles. The van der Waals surface area contributed by atoms with Crippen LogP contribution in [0.4, 0.5) is 0 Å². The minimum absolute atomic E-state index is 0. The second kappa shape index (κ2) is 12.3. The minimum Gasteiger partial charge on any atom is -0.364 e. The fourth-order valence-corrected chi connectivity index (χ4v) is 4.07. The van der Waals surface area contributed by atoms with Gasteiger partial charge in [-0.1, -0.05) is 97.1 Å². The van der Waals surface area contributed by atoms with E-state index in [1.54, 1.807) is 0 Å². The number of nitrogens with one attached hydrogen (secondary N) is 1. The normalized spacial score (nSPS) is 12.0. The maximum atomic E-state index is 6.65. The summed E-state index contributed by atoms with van der Waals surface area (Å²) in [5, 5.41) is 3.72. The lowest BCUT2D eigenvalue weighted by molar-refractivity contribution is -0.0412. The third-order valence-corrected chi connectivity index (χ3v) is 5.34. The Morgan fingerprint density at radius 2 is 1.37 bits per heavy atom. The van der Waals surface area contributed by atoms with Gasteiger partial charge in [0.15, 0.2) is 0 Å². The van der Waals surface area contributed by atoms with Crippen LogP contribution in [0.25, 0.3) is 0 Å². The summed E-state index contributed by atoms with van der Waals surface area (Å²) in [6.45, 7) is 7.35. The fraction of sp³-hybridized carbons (Fsp3) is 0.259. The summed E-state index contributed by atoms with van der Waals surface area (Å²) in [7, 11) is 0. The summed E-state index contributed by atoms with van der Waals surface area (Å²) >= 11 is 0. The molecular formula is C27H32ClNO. The van der Waals surface area contributed by atoms with Crippen molar-refractivity contribution in [2.24, 2.45) is 0 Å². The Labute approximate surface area is 187 Å². The van der Waals surface area contributed by atoms with Gasteiger partial charge in [0.05, 0.1) is 0 Å². The van der Waals surface area contributed by atoms with E-state index in [2.05, 4.69) is 110 Å². The van der Waals surface area contributed by atoms with Gasteiger partial charge in [-0.05, 0) is 36.5 Å². The summed E-state index contributed by atoms with van der Waals surface area (Å²) in [5.41, 5.74) is 3.10. The lowest BCUT2D eigenvalue weighted by Crippen LogP contribution is -2.51. The molecular weight excluding hydrogens is 390 g/mol. The number of benzene rings is 3. The third kappa shape index (κ3) is 5.60. The van der Waals surface area contributed by atoms with Crippen molar-refractivity contribution in [3.63, 3.8) is 0 Å². The Balaban J connectivity index is 0.00000320. The van der Waals surface area contributed by atoms with Crippen molar-refractivity contribution >= 4 is 12.4 Å². The highest BCUT2D eigenvalue weighted by Gasteiger charge is 2.42. The van der Waals surface area contributed by atoms with Crippen LogP contribution in [-0.4, -0.2) is 19.2 Å². The molecule has 30 heavy (non-hydrogen) atoms. The molecule has 158 valence electrons. The maximum Gasteiger partial charge on any atom is 0.133 e. The average molecular weight is 422 g/mol. The monoisotopic (exact) mass is 421 g/mol. The summed E-state index contributed by atoms with van der Waals surface area (Å²) in [6, 6.07) is 31.9. The van der Waals surface area contributed by atoms with Crippen molar-refractivity contribution in [2.75, 3.05) is 13.2 Å². The Kier molecular flexibility index (Phi) is 9.82. The van der Waals surface area contributed by atoms with Crippen LogP contribution in [0.5, 0.6) is 0 Å². The van der Waals surface area contributed by atoms with Crippen LogP contribution in [0.2, 0.25) is 0 Å². The highest BCUT2D eigenvalue weighted by molar-refractivity contribution is 5.85. The molecule has 3 aromatic carbocycles. The summed E-state index contributed by atoms with van der Waals surface area (Å²) in [5.74, 6) is 0. The summed E-state index contributed by atoms with van der Waals surface area (Å²) in [4.78, 5) is 0. The molecule has 0 saturated heterocycles. The zero-order chi connectivity index (χ0) is 20.4. The van der Waals surface area contributed by atoms with Crippen LogP contribution >= 0.6 is 12.4 Å². The molecule has 3 aromatic rings. The standard InChI is InChI=1S/C27H31NO.ClH/c1-3-22-28-26(21-20-23-14-8-5-9-15-23)27(29-4-2,24-16-10-6-11-17-24)25-18-12-7-13-19-25;/h3,5-19,26,28H,1,4,20-22H2,2H3;1H. The van der Waals surface area contributed by atoms with Gasteiger partial charge in [0.2, 0.25) is 0 Å². The molecule has 0 bridgehead atoms. The molecule has 1 unspecified atom stereocenters. The topological polar surface area (TPSA) is 21.3 Å². The van der Waals surface area contributed by atoms with Gasteiger partial charge in [-0.25, -0.2) is 0 Å². The van der Waals surface area contributed by atoms with E-state index in [9.17, 15) is 0 Å². The maximum absolute atomic E-state index is 6.65. The van der Waals surface area contributed by atoms with E-state index in [-0.39, 0.29) is 18.4 Å². The second-order valence-electron chi connectivity index (χ2n) is 7.17. The number of hydrogen-bond donors (Lipinski definition) is 1. The first kappa shape index (κ1) is 23.9. The van der Waals surface area contributed by atoms with E-state index in [4.69, 9.17) is 4.74 Å². The molecule has 0 heterocycles. The van der Waals surface area contributed by atoms with Crippen LogP contribution in [0.15, 0.2) is 104 Å². The first-order valence-corrected chi connectivity index (χ1v) is 10.4. The van der Waals surface area contributed by atoms with Gasteiger partial charge < -0.3 is 10.1 Å². The van der Waals surface area contributed by atoms with Crippen molar-refractivity contribution in [1.29, 1.82) is 0 Å². The lowest BCUT2D eigenvalue weighted by Gasteiger charge is -2.42. The highest BCUT2D eigenvalue weighted by atomic mass is 35.5. The van der Waals surface area contributed by atoms with Crippen LogP contribution in [0.3, 0.4) is 0 Å². The van der Waals surface area contributed by atoms with Gasteiger partial charge in [-0.3, -0.25) is 0 Å². The first-order chi connectivity index (χ1) is 14.3.